The maximum Gasteiger partial charge on any atom is 0.146 e. The molecule has 0 radical (unpaired) electrons. The Labute approximate surface area is 288 Å². The van der Waals surface area contributed by atoms with Gasteiger partial charge in [-0.15, -0.1) is 0 Å². The Hall–Kier alpha value is -6.58. The molecule has 0 fully saturated rings. The van der Waals surface area contributed by atoms with Crippen molar-refractivity contribution in [3.05, 3.63) is 198 Å². The molecule has 3 nitrogen and oxygen atoms in total. The standard InChI is InChI=1S/C47H29N3/c1-2-13-32-29-48-43(27-30(32)12-1)31-14-11-15-33(26-31)47(40-19-6-3-16-36(40)37-17-4-7-20-41(37)47)34-24-25-35-38-18-5-9-22-44(38)50-45-23-10-8-21-42(45)49-46(50)39(35)28-34/h1-29H. The molecule has 1 aliphatic rings. The minimum atomic E-state index is -0.567. The number of aromatic nitrogens is 3. The summed E-state index contributed by atoms with van der Waals surface area (Å²) in [6, 6.07) is 61.8. The minimum Gasteiger partial charge on any atom is -0.292 e. The van der Waals surface area contributed by atoms with Crippen LogP contribution in [-0.4, -0.2) is 14.4 Å². The van der Waals surface area contributed by atoms with E-state index in [0.717, 1.165) is 38.7 Å². The van der Waals surface area contributed by atoms with Gasteiger partial charge in [0.2, 0.25) is 0 Å². The number of fused-ring (bicyclic) bond motifs is 12. The zero-order valence-corrected chi connectivity index (χ0v) is 27.1. The average Bonchev–Trinajstić information content (AvgIpc) is 3.73. The molecule has 7 aromatic carbocycles. The lowest BCUT2D eigenvalue weighted by atomic mass is 9.67. The first kappa shape index (κ1) is 27.4. The molecule has 232 valence electrons. The van der Waals surface area contributed by atoms with Gasteiger partial charge in [0.25, 0.3) is 0 Å². The SMILES string of the molecule is c1cc(-c2cc3ccccc3cn2)cc(C2(c3ccc4c5ccccc5n5c6ccccc6nc5c4c3)c3ccccc3-c3ccccc32)c1. The zero-order chi connectivity index (χ0) is 32.8. The molecule has 0 spiro atoms. The van der Waals surface area contributed by atoms with E-state index >= 15 is 0 Å². The van der Waals surface area contributed by atoms with Gasteiger partial charge in [0.05, 0.1) is 27.7 Å². The first-order valence-corrected chi connectivity index (χ1v) is 17.2. The third-order valence-corrected chi connectivity index (χ3v) is 10.9. The third-order valence-electron chi connectivity index (χ3n) is 10.9. The molecule has 3 heteroatoms. The largest absolute Gasteiger partial charge is 0.292 e. The summed E-state index contributed by atoms with van der Waals surface area (Å²) in [5, 5.41) is 5.90. The number of nitrogens with zero attached hydrogens (tertiary/aromatic N) is 3. The van der Waals surface area contributed by atoms with E-state index in [9.17, 15) is 0 Å². The number of hydrogen-bond donors (Lipinski definition) is 0. The van der Waals surface area contributed by atoms with Gasteiger partial charge in [-0.1, -0.05) is 133 Å². The summed E-state index contributed by atoms with van der Waals surface area (Å²) >= 11 is 0. The number of para-hydroxylation sites is 3. The van der Waals surface area contributed by atoms with Crippen molar-refractivity contribution in [2.75, 3.05) is 0 Å². The lowest BCUT2D eigenvalue weighted by Gasteiger charge is -2.34. The molecule has 0 N–H and O–H groups in total. The van der Waals surface area contributed by atoms with Crippen molar-refractivity contribution >= 4 is 49.1 Å². The maximum atomic E-state index is 5.28. The van der Waals surface area contributed by atoms with Gasteiger partial charge in [0.1, 0.15) is 5.65 Å². The van der Waals surface area contributed by atoms with Gasteiger partial charge < -0.3 is 0 Å². The predicted molar refractivity (Wildman–Crippen MR) is 206 cm³/mol. The van der Waals surface area contributed by atoms with E-state index in [1.54, 1.807) is 0 Å². The molecule has 11 rings (SSSR count). The summed E-state index contributed by atoms with van der Waals surface area (Å²) in [5.41, 5.74) is 13.3. The molecule has 0 unspecified atom stereocenters. The first-order chi connectivity index (χ1) is 24.8. The number of imidazole rings is 1. The van der Waals surface area contributed by atoms with Crippen molar-refractivity contribution in [2.24, 2.45) is 0 Å². The highest BCUT2D eigenvalue weighted by atomic mass is 15.0. The molecule has 50 heavy (non-hydrogen) atoms. The van der Waals surface area contributed by atoms with Crippen molar-refractivity contribution in [2.45, 2.75) is 5.41 Å². The molecule has 0 atom stereocenters. The summed E-state index contributed by atoms with van der Waals surface area (Å²) in [6.07, 6.45) is 1.99. The van der Waals surface area contributed by atoms with Crippen LogP contribution in [0.5, 0.6) is 0 Å². The molecule has 10 aromatic rings. The third kappa shape index (κ3) is 3.64. The molecule has 1 aliphatic carbocycles. The van der Waals surface area contributed by atoms with E-state index in [0.29, 0.717) is 0 Å². The van der Waals surface area contributed by atoms with Crippen molar-refractivity contribution in [3.63, 3.8) is 0 Å². The lowest BCUT2D eigenvalue weighted by Crippen LogP contribution is -2.28. The van der Waals surface area contributed by atoms with E-state index in [4.69, 9.17) is 9.97 Å². The quantitative estimate of drug-likeness (QED) is 0.181. The number of pyridine rings is 2. The van der Waals surface area contributed by atoms with Crippen LogP contribution in [0.2, 0.25) is 0 Å². The summed E-state index contributed by atoms with van der Waals surface area (Å²) in [5.74, 6) is 0. The van der Waals surface area contributed by atoms with Gasteiger partial charge in [-0.05, 0) is 80.6 Å². The van der Waals surface area contributed by atoms with Crippen LogP contribution in [0, 0.1) is 0 Å². The van der Waals surface area contributed by atoms with Gasteiger partial charge >= 0.3 is 0 Å². The number of rotatable bonds is 3. The van der Waals surface area contributed by atoms with Gasteiger partial charge in [-0.3, -0.25) is 9.38 Å². The molecule has 3 heterocycles. The molecular weight excluding hydrogens is 607 g/mol. The van der Waals surface area contributed by atoms with Crippen LogP contribution in [0.25, 0.3) is 71.5 Å². The van der Waals surface area contributed by atoms with Crippen molar-refractivity contribution in [3.8, 4) is 22.4 Å². The van der Waals surface area contributed by atoms with Crippen LogP contribution < -0.4 is 0 Å². The normalized spacial score (nSPS) is 13.4. The Morgan fingerprint density at radius 2 is 1.14 bits per heavy atom. The lowest BCUT2D eigenvalue weighted by molar-refractivity contribution is 0.770. The van der Waals surface area contributed by atoms with E-state index in [1.165, 1.54) is 55.1 Å². The van der Waals surface area contributed by atoms with Crippen molar-refractivity contribution in [1.29, 1.82) is 0 Å². The van der Waals surface area contributed by atoms with Crippen LogP contribution in [0.15, 0.2) is 176 Å². The fourth-order valence-electron chi connectivity index (χ4n) is 8.72. The molecule has 0 bridgehead atoms. The molecule has 3 aromatic heterocycles. The highest BCUT2D eigenvalue weighted by Crippen LogP contribution is 2.56. The maximum absolute atomic E-state index is 5.28. The van der Waals surface area contributed by atoms with Crippen LogP contribution in [0.3, 0.4) is 0 Å². The highest BCUT2D eigenvalue weighted by molar-refractivity contribution is 6.14. The highest BCUT2D eigenvalue weighted by Gasteiger charge is 2.46. The number of benzene rings is 7. The second kappa shape index (κ2) is 10.2. The minimum absolute atomic E-state index is 0.567. The zero-order valence-electron chi connectivity index (χ0n) is 27.1. The Kier molecular flexibility index (Phi) is 5.59. The fourth-order valence-corrected chi connectivity index (χ4v) is 8.72. The Balaban J connectivity index is 1.26. The van der Waals surface area contributed by atoms with Crippen molar-refractivity contribution in [1.82, 2.24) is 14.4 Å². The van der Waals surface area contributed by atoms with E-state index < -0.39 is 5.41 Å². The topological polar surface area (TPSA) is 30.2 Å². The fraction of sp³-hybridized carbons (Fsp3) is 0.0213. The van der Waals surface area contributed by atoms with Crippen molar-refractivity contribution < 1.29 is 0 Å². The Bertz CT molecular complexity index is 2960. The van der Waals surface area contributed by atoms with Gasteiger partial charge in [-0.2, -0.15) is 0 Å². The first-order valence-electron chi connectivity index (χ1n) is 17.2. The Morgan fingerprint density at radius 1 is 0.460 bits per heavy atom. The predicted octanol–water partition coefficient (Wildman–Crippen LogP) is 11.4. The molecular formula is C47H29N3. The van der Waals surface area contributed by atoms with E-state index in [2.05, 4.69) is 174 Å². The molecule has 0 saturated heterocycles. The molecule has 0 aliphatic heterocycles. The molecule has 0 saturated carbocycles. The number of hydrogen-bond acceptors (Lipinski definition) is 2. The van der Waals surface area contributed by atoms with Crippen LogP contribution in [-0.2, 0) is 5.41 Å². The van der Waals surface area contributed by atoms with Crippen LogP contribution in [0.4, 0.5) is 0 Å². The average molecular weight is 636 g/mol. The summed E-state index contributed by atoms with van der Waals surface area (Å²) in [6.45, 7) is 0. The molecule has 0 amide bonds. The van der Waals surface area contributed by atoms with Crippen LogP contribution >= 0.6 is 0 Å². The summed E-state index contributed by atoms with van der Waals surface area (Å²) in [7, 11) is 0. The second-order valence-corrected chi connectivity index (χ2v) is 13.4. The van der Waals surface area contributed by atoms with Gasteiger partial charge in [-0.25, -0.2) is 4.98 Å². The van der Waals surface area contributed by atoms with Gasteiger partial charge in [0.15, 0.2) is 0 Å². The monoisotopic (exact) mass is 635 g/mol. The Morgan fingerprint density at radius 3 is 1.98 bits per heavy atom. The van der Waals surface area contributed by atoms with Gasteiger partial charge in [0, 0.05) is 27.9 Å². The smallest absolute Gasteiger partial charge is 0.146 e. The van der Waals surface area contributed by atoms with Crippen LogP contribution in [0.1, 0.15) is 22.3 Å². The van der Waals surface area contributed by atoms with E-state index in [-0.39, 0.29) is 0 Å². The summed E-state index contributed by atoms with van der Waals surface area (Å²) in [4.78, 5) is 10.2. The second-order valence-electron chi connectivity index (χ2n) is 13.4. The summed E-state index contributed by atoms with van der Waals surface area (Å²) < 4.78 is 2.34. The van der Waals surface area contributed by atoms with E-state index in [1.807, 2.05) is 6.20 Å².